The fourth-order valence-electron chi connectivity index (χ4n) is 2.93. The second-order valence-electron chi connectivity index (χ2n) is 7.03. The van der Waals surface area contributed by atoms with Gasteiger partial charge < -0.3 is 25.0 Å². The van der Waals surface area contributed by atoms with Gasteiger partial charge in [-0.1, -0.05) is 17.3 Å². The number of hydrogen-bond donors (Lipinski definition) is 3. The number of benzene rings is 2. The molecule has 0 bridgehead atoms. The van der Waals surface area contributed by atoms with Gasteiger partial charge in [-0.3, -0.25) is 9.59 Å². The molecule has 8 heteroatoms. The average Bonchev–Trinajstić information content (AvgIpc) is 3.09. The first kappa shape index (κ1) is 21.9. The van der Waals surface area contributed by atoms with E-state index in [2.05, 4.69) is 15.8 Å². The van der Waals surface area contributed by atoms with Crippen molar-refractivity contribution < 1.29 is 24.0 Å². The summed E-state index contributed by atoms with van der Waals surface area (Å²) >= 11 is 0. The summed E-state index contributed by atoms with van der Waals surface area (Å²) in [6.07, 6.45) is 0.568. The number of carbonyl (C=O) groups is 2. The Kier molecular flexibility index (Phi) is 7.26. The number of nitrogens with one attached hydrogen (secondary N) is 2. The number of hydrogen-bond acceptors (Lipinski definition) is 6. The molecule has 2 amide bonds. The van der Waals surface area contributed by atoms with Crippen molar-refractivity contribution >= 4 is 11.8 Å². The number of aromatic hydroxyl groups is 1. The van der Waals surface area contributed by atoms with Crippen molar-refractivity contribution in [1.29, 1.82) is 0 Å². The summed E-state index contributed by atoms with van der Waals surface area (Å²) in [6.45, 7) is 4.80. The molecule has 3 aromatic rings. The average molecular weight is 423 g/mol. The zero-order valence-corrected chi connectivity index (χ0v) is 17.5. The van der Waals surface area contributed by atoms with Gasteiger partial charge in [-0.2, -0.15) is 0 Å². The van der Waals surface area contributed by atoms with Crippen molar-refractivity contribution in [3.8, 4) is 11.5 Å². The lowest BCUT2D eigenvalue weighted by atomic mass is 10.2. The third-order valence-electron chi connectivity index (χ3n) is 4.69. The van der Waals surface area contributed by atoms with Crippen LogP contribution in [-0.2, 0) is 6.61 Å². The van der Waals surface area contributed by atoms with Crippen molar-refractivity contribution in [3.63, 3.8) is 0 Å². The molecule has 0 atom stereocenters. The fourth-order valence-corrected chi connectivity index (χ4v) is 2.93. The number of aryl methyl sites for hydroxylation is 2. The Morgan fingerprint density at radius 3 is 2.26 bits per heavy atom. The lowest BCUT2D eigenvalue weighted by Crippen LogP contribution is -2.29. The molecule has 0 saturated heterocycles. The summed E-state index contributed by atoms with van der Waals surface area (Å²) in [5, 5.41) is 18.9. The van der Waals surface area contributed by atoms with Crippen LogP contribution in [0.2, 0.25) is 0 Å². The Morgan fingerprint density at radius 2 is 1.65 bits per heavy atom. The second kappa shape index (κ2) is 10.3. The minimum atomic E-state index is -0.273. The van der Waals surface area contributed by atoms with Crippen LogP contribution in [0.3, 0.4) is 0 Å². The number of phenols is 1. The molecule has 0 spiro atoms. The Bertz CT molecular complexity index is 1040. The van der Waals surface area contributed by atoms with E-state index in [1.54, 1.807) is 36.4 Å². The number of amides is 2. The molecule has 0 aliphatic carbocycles. The Hall–Kier alpha value is -3.81. The van der Waals surface area contributed by atoms with Gasteiger partial charge in [0.25, 0.3) is 11.8 Å². The number of carbonyl (C=O) groups excluding carboxylic acids is 2. The van der Waals surface area contributed by atoms with Crippen LogP contribution in [-0.4, -0.2) is 35.2 Å². The van der Waals surface area contributed by atoms with Crippen LogP contribution in [0.25, 0.3) is 0 Å². The maximum atomic E-state index is 12.4. The monoisotopic (exact) mass is 423 g/mol. The van der Waals surface area contributed by atoms with Crippen molar-refractivity contribution in [1.82, 2.24) is 15.8 Å². The molecule has 0 radical (unpaired) electrons. The zero-order chi connectivity index (χ0) is 22.2. The summed E-state index contributed by atoms with van der Waals surface area (Å²) in [5.41, 5.74) is 2.54. The van der Waals surface area contributed by atoms with Gasteiger partial charge in [-0.05, 0) is 56.7 Å². The number of rotatable bonds is 9. The van der Waals surface area contributed by atoms with Crippen LogP contribution in [0.5, 0.6) is 11.5 Å². The maximum absolute atomic E-state index is 12.4. The molecule has 1 aromatic heterocycles. The van der Waals surface area contributed by atoms with Gasteiger partial charge in [0.15, 0.2) is 0 Å². The van der Waals surface area contributed by atoms with Crippen LogP contribution in [0.15, 0.2) is 53.1 Å². The molecular formula is C23H25N3O5. The van der Waals surface area contributed by atoms with Crippen LogP contribution >= 0.6 is 0 Å². The Labute approximate surface area is 180 Å². The van der Waals surface area contributed by atoms with Crippen molar-refractivity contribution in [3.05, 3.63) is 76.7 Å². The third kappa shape index (κ3) is 6.08. The number of nitrogens with zero attached hydrogens (tertiary/aromatic N) is 1. The standard InChI is InChI=1S/C23H25N3O5/c1-15-21(16(2)31-26-15)14-30-20-9-4-7-18(13-20)23(29)25-11-5-10-24-22(28)17-6-3-8-19(27)12-17/h3-4,6-9,12-13,27H,5,10-11,14H2,1-2H3,(H,24,28)(H,25,29). The van der Waals surface area contributed by atoms with Gasteiger partial charge in [0.05, 0.1) is 11.3 Å². The molecular weight excluding hydrogens is 398 g/mol. The highest BCUT2D eigenvalue weighted by molar-refractivity contribution is 5.95. The van der Waals surface area contributed by atoms with Crippen molar-refractivity contribution in [2.75, 3.05) is 13.1 Å². The molecule has 3 N–H and O–H groups in total. The summed E-state index contributed by atoms with van der Waals surface area (Å²) < 4.78 is 10.9. The molecule has 0 saturated carbocycles. The zero-order valence-electron chi connectivity index (χ0n) is 17.5. The van der Waals surface area contributed by atoms with E-state index in [4.69, 9.17) is 9.26 Å². The second-order valence-corrected chi connectivity index (χ2v) is 7.03. The molecule has 0 fully saturated rings. The maximum Gasteiger partial charge on any atom is 0.251 e. The van der Waals surface area contributed by atoms with E-state index in [-0.39, 0.29) is 17.6 Å². The highest BCUT2D eigenvalue weighted by atomic mass is 16.5. The van der Waals surface area contributed by atoms with Gasteiger partial charge in [0.2, 0.25) is 0 Å². The first-order chi connectivity index (χ1) is 14.9. The van der Waals surface area contributed by atoms with Crippen LogP contribution in [0.1, 0.15) is 44.2 Å². The van der Waals surface area contributed by atoms with E-state index in [1.165, 1.54) is 12.1 Å². The van der Waals surface area contributed by atoms with E-state index in [0.717, 1.165) is 11.3 Å². The molecule has 1 heterocycles. The molecule has 2 aromatic carbocycles. The van der Waals surface area contributed by atoms with E-state index in [0.29, 0.717) is 48.8 Å². The quantitative estimate of drug-likeness (QED) is 0.456. The molecule has 162 valence electrons. The molecule has 31 heavy (non-hydrogen) atoms. The SMILES string of the molecule is Cc1noc(C)c1COc1cccc(C(=O)NCCCNC(=O)c2cccc(O)c2)c1. The van der Waals surface area contributed by atoms with E-state index < -0.39 is 0 Å². The van der Waals surface area contributed by atoms with Crippen LogP contribution in [0.4, 0.5) is 0 Å². The number of aromatic nitrogens is 1. The lowest BCUT2D eigenvalue weighted by Gasteiger charge is -2.09. The summed E-state index contributed by atoms with van der Waals surface area (Å²) in [7, 11) is 0. The fraction of sp³-hybridized carbons (Fsp3) is 0.261. The molecule has 8 nitrogen and oxygen atoms in total. The molecule has 0 aliphatic heterocycles. The highest BCUT2D eigenvalue weighted by Gasteiger charge is 2.11. The first-order valence-corrected chi connectivity index (χ1v) is 9.94. The Balaban J connectivity index is 1.42. The third-order valence-corrected chi connectivity index (χ3v) is 4.69. The van der Waals surface area contributed by atoms with Gasteiger partial charge in [-0.25, -0.2) is 0 Å². The van der Waals surface area contributed by atoms with Gasteiger partial charge >= 0.3 is 0 Å². The van der Waals surface area contributed by atoms with Crippen molar-refractivity contribution in [2.24, 2.45) is 0 Å². The molecule has 3 rings (SSSR count). The van der Waals surface area contributed by atoms with E-state index >= 15 is 0 Å². The first-order valence-electron chi connectivity index (χ1n) is 9.94. The summed E-state index contributed by atoms with van der Waals surface area (Å²) in [5.74, 6) is 0.832. The lowest BCUT2D eigenvalue weighted by molar-refractivity contribution is 0.0951. The smallest absolute Gasteiger partial charge is 0.251 e. The Morgan fingerprint density at radius 1 is 1.00 bits per heavy atom. The molecule has 0 unspecified atom stereocenters. The van der Waals surface area contributed by atoms with Gasteiger partial charge in [0, 0.05) is 24.2 Å². The minimum Gasteiger partial charge on any atom is -0.508 e. The van der Waals surface area contributed by atoms with Crippen molar-refractivity contribution in [2.45, 2.75) is 26.9 Å². The van der Waals surface area contributed by atoms with Gasteiger partial charge in [-0.15, -0.1) is 0 Å². The minimum absolute atomic E-state index is 0.0397. The normalized spacial score (nSPS) is 10.5. The topological polar surface area (TPSA) is 114 Å². The van der Waals surface area contributed by atoms with E-state index in [1.807, 2.05) is 13.8 Å². The van der Waals surface area contributed by atoms with Crippen LogP contribution in [0, 0.1) is 13.8 Å². The van der Waals surface area contributed by atoms with Crippen LogP contribution < -0.4 is 15.4 Å². The largest absolute Gasteiger partial charge is 0.508 e. The predicted molar refractivity (Wildman–Crippen MR) is 114 cm³/mol. The van der Waals surface area contributed by atoms with Gasteiger partial charge in [0.1, 0.15) is 23.9 Å². The highest BCUT2D eigenvalue weighted by Crippen LogP contribution is 2.18. The predicted octanol–water partition coefficient (Wildman–Crippen LogP) is 3.13. The number of ether oxygens (including phenoxy) is 1. The number of phenolic OH excluding ortho intramolecular Hbond substituents is 1. The molecule has 0 aliphatic rings. The van der Waals surface area contributed by atoms with E-state index in [9.17, 15) is 14.7 Å². The summed E-state index contributed by atoms with van der Waals surface area (Å²) in [6, 6.07) is 13.1. The summed E-state index contributed by atoms with van der Waals surface area (Å²) in [4.78, 5) is 24.4.